The molecular weight excluding hydrogens is 446 g/mol. The summed E-state index contributed by atoms with van der Waals surface area (Å²) in [5.41, 5.74) is 0.259. The van der Waals surface area contributed by atoms with Crippen molar-refractivity contribution in [3.63, 3.8) is 0 Å². The Labute approximate surface area is 194 Å². The zero-order chi connectivity index (χ0) is 24.8. The van der Waals surface area contributed by atoms with Crippen molar-refractivity contribution in [1.82, 2.24) is 4.72 Å². The Balaban J connectivity index is 2.21. The highest BCUT2D eigenvalue weighted by atomic mass is 32.2. The number of carbonyl (C=O) groups is 2. The molecule has 9 nitrogen and oxygen atoms in total. The monoisotopic (exact) mass is 477 g/mol. The van der Waals surface area contributed by atoms with Crippen LogP contribution in [-0.4, -0.2) is 39.7 Å². The first-order valence-corrected chi connectivity index (χ1v) is 11.9. The van der Waals surface area contributed by atoms with Gasteiger partial charge >= 0.3 is 6.09 Å². The van der Waals surface area contributed by atoms with Crippen LogP contribution in [0.3, 0.4) is 0 Å². The molecule has 2 rings (SSSR count). The Morgan fingerprint density at radius 1 is 1.00 bits per heavy atom. The van der Waals surface area contributed by atoms with E-state index in [9.17, 15) is 18.0 Å². The second kappa shape index (κ2) is 10.7. The van der Waals surface area contributed by atoms with Crippen LogP contribution in [0.25, 0.3) is 0 Å². The Morgan fingerprint density at radius 2 is 1.64 bits per heavy atom. The summed E-state index contributed by atoms with van der Waals surface area (Å²) < 4.78 is 38.5. The Bertz CT molecular complexity index is 1110. The molecule has 0 aromatic heterocycles. The van der Waals surface area contributed by atoms with Gasteiger partial charge in [-0.25, -0.2) is 17.9 Å². The maximum Gasteiger partial charge on any atom is 0.411 e. The quantitative estimate of drug-likeness (QED) is 0.523. The Hall–Kier alpha value is -3.11. The van der Waals surface area contributed by atoms with Gasteiger partial charge < -0.3 is 14.8 Å². The first-order chi connectivity index (χ1) is 15.3. The zero-order valence-corrected chi connectivity index (χ0v) is 20.5. The van der Waals surface area contributed by atoms with Gasteiger partial charge in [-0.05, 0) is 63.1 Å². The van der Waals surface area contributed by atoms with E-state index >= 15 is 0 Å². The summed E-state index contributed by atoms with van der Waals surface area (Å²) in [5, 5.41) is 5.30. The highest BCUT2D eigenvalue weighted by molar-refractivity contribution is 7.89. The summed E-state index contributed by atoms with van der Waals surface area (Å²) in [6.45, 7) is 9.29. The first kappa shape index (κ1) is 26.1. The van der Waals surface area contributed by atoms with Crippen LogP contribution in [0.1, 0.15) is 45.0 Å². The molecule has 0 aliphatic rings. The van der Waals surface area contributed by atoms with Crippen molar-refractivity contribution >= 4 is 33.4 Å². The lowest BCUT2D eigenvalue weighted by molar-refractivity contribution is 0.102. The van der Waals surface area contributed by atoms with Crippen LogP contribution >= 0.6 is 0 Å². The van der Waals surface area contributed by atoms with Crippen molar-refractivity contribution in [3.8, 4) is 5.75 Å². The molecule has 0 radical (unpaired) electrons. The topological polar surface area (TPSA) is 123 Å². The minimum atomic E-state index is -3.94. The van der Waals surface area contributed by atoms with E-state index in [2.05, 4.69) is 15.4 Å². The van der Waals surface area contributed by atoms with Crippen molar-refractivity contribution in [2.24, 2.45) is 5.92 Å². The zero-order valence-electron chi connectivity index (χ0n) is 19.7. The molecule has 0 atom stereocenters. The Kier molecular flexibility index (Phi) is 8.45. The first-order valence-electron chi connectivity index (χ1n) is 10.4. The van der Waals surface area contributed by atoms with Crippen LogP contribution in [0.2, 0.25) is 0 Å². The van der Waals surface area contributed by atoms with Gasteiger partial charge in [0.05, 0.1) is 13.7 Å². The number of ether oxygens (including phenoxy) is 2. The lowest BCUT2D eigenvalue weighted by Gasteiger charge is -2.21. The third-order valence-electron chi connectivity index (χ3n) is 4.07. The summed E-state index contributed by atoms with van der Waals surface area (Å²) >= 11 is 0. The molecule has 2 aromatic rings. The van der Waals surface area contributed by atoms with E-state index in [1.807, 2.05) is 13.8 Å². The van der Waals surface area contributed by atoms with Gasteiger partial charge in [-0.15, -0.1) is 0 Å². The lowest BCUT2D eigenvalue weighted by atomic mass is 10.1. The second-order valence-electron chi connectivity index (χ2n) is 8.87. The number of nitrogens with one attached hydrogen (secondary N) is 3. The molecular formula is C23H31N3O6S. The van der Waals surface area contributed by atoms with Gasteiger partial charge in [0.1, 0.15) is 10.6 Å². The van der Waals surface area contributed by atoms with Gasteiger partial charge in [-0.2, -0.15) is 0 Å². The summed E-state index contributed by atoms with van der Waals surface area (Å²) in [6, 6.07) is 10.7. The number of hydrogen-bond acceptors (Lipinski definition) is 6. The summed E-state index contributed by atoms with van der Waals surface area (Å²) in [7, 11) is -2.58. The molecule has 3 N–H and O–H groups in total. The number of sulfonamides is 1. The van der Waals surface area contributed by atoms with Crippen LogP contribution in [0, 0.1) is 5.92 Å². The van der Waals surface area contributed by atoms with E-state index in [4.69, 9.17) is 9.47 Å². The smallest absolute Gasteiger partial charge is 0.411 e. The van der Waals surface area contributed by atoms with Gasteiger partial charge in [0.15, 0.2) is 0 Å². The molecule has 2 amide bonds. The maximum atomic E-state index is 12.8. The number of rotatable bonds is 8. The molecule has 33 heavy (non-hydrogen) atoms. The number of benzene rings is 2. The molecule has 0 saturated heterocycles. The van der Waals surface area contributed by atoms with Crippen molar-refractivity contribution in [3.05, 3.63) is 48.0 Å². The van der Waals surface area contributed by atoms with Crippen molar-refractivity contribution in [2.45, 2.75) is 45.1 Å². The van der Waals surface area contributed by atoms with Gasteiger partial charge in [-0.3, -0.25) is 10.1 Å². The number of hydrogen-bond donors (Lipinski definition) is 3. The minimum absolute atomic E-state index is 0.120. The molecule has 0 heterocycles. The van der Waals surface area contributed by atoms with E-state index in [1.54, 1.807) is 45.0 Å². The molecule has 0 unspecified atom stereocenters. The third-order valence-corrected chi connectivity index (χ3v) is 5.85. The number of anilines is 2. The summed E-state index contributed by atoms with van der Waals surface area (Å²) in [6.07, 6.45) is -0.594. The summed E-state index contributed by atoms with van der Waals surface area (Å²) in [4.78, 5) is 24.5. The highest BCUT2D eigenvalue weighted by Gasteiger charge is 2.26. The molecule has 180 valence electrons. The fraction of sp³-hybridized carbons (Fsp3) is 0.391. The highest BCUT2D eigenvalue weighted by Crippen LogP contribution is 2.27. The van der Waals surface area contributed by atoms with E-state index < -0.39 is 27.6 Å². The summed E-state index contributed by atoms with van der Waals surface area (Å²) in [5.74, 6) is -0.197. The van der Waals surface area contributed by atoms with Crippen LogP contribution in [0.5, 0.6) is 5.75 Å². The second-order valence-corrected chi connectivity index (χ2v) is 10.5. The van der Waals surface area contributed by atoms with Crippen LogP contribution in [0.4, 0.5) is 16.2 Å². The van der Waals surface area contributed by atoms with E-state index in [1.165, 1.54) is 25.3 Å². The molecule has 0 aliphatic heterocycles. The van der Waals surface area contributed by atoms with Crippen molar-refractivity contribution in [2.75, 3.05) is 24.4 Å². The Morgan fingerprint density at radius 3 is 2.21 bits per heavy atom. The van der Waals surface area contributed by atoms with Crippen LogP contribution < -0.4 is 20.1 Å². The normalized spacial score (nSPS) is 11.7. The van der Waals surface area contributed by atoms with E-state index in [0.717, 1.165) is 0 Å². The fourth-order valence-electron chi connectivity index (χ4n) is 2.76. The maximum absolute atomic E-state index is 12.8. The molecule has 2 aromatic carbocycles. The lowest BCUT2D eigenvalue weighted by Crippen LogP contribution is -2.40. The number of amides is 2. The van der Waals surface area contributed by atoms with E-state index in [0.29, 0.717) is 11.4 Å². The van der Waals surface area contributed by atoms with Crippen LogP contribution in [-0.2, 0) is 14.8 Å². The predicted molar refractivity (Wildman–Crippen MR) is 127 cm³/mol. The van der Waals surface area contributed by atoms with Gasteiger partial charge in [0, 0.05) is 22.5 Å². The average Bonchev–Trinajstić information content (AvgIpc) is 2.70. The molecule has 0 bridgehead atoms. The molecule has 10 heteroatoms. The number of carbonyl (C=O) groups excluding carboxylic acids is 2. The van der Waals surface area contributed by atoms with Crippen molar-refractivity contribution in [1.29, 1.82) is 0 Å². The molecule has 0 saturated carbocycles. The predicted octanol–water partition coefficient (Wildman–Crippen LogP) is 4.23. The number of methoxy groups -OCH3 is 1. The van der Waals surface area contributed by atoms with Crippen LogP contribution in [0.15, 0.2) is 47.4 Å². The minimum Gasteiger partial charge on any atom is -0.495 e. The molecule has 0 aliphatic carbocycles. The third kappa shape index (κ3) is 8.07. The fourth-order valence-corrected chi connectivity index (χ4v) is 4.37. The largest absolute Gasteiger partial charge is 0.495 e. The van der Waals surface area contributed by atoms with Crippen molar-refractivity contribution < 1.29 is 27.5 Å². The standard InChI is InChI=1S/C23H31N3O6S/c1-15(2)14-32-22(28)25-18-9-7-8-17(13-18)24-21(27)16-10-11-19(31-6)20(12-16)33(29,30)26-23(3,4)5/h7-13,15,26H,14H2,1-6H3,(H,24,27)(H,25,28). The molecule has 0 fully saturated rings. The van der Waals surface area contributed by atoms with Gasteiger partial charge in [0.2, 0.25) is 10.0 Å². The van der Waals surface area contributed by atoms with E-state index in [-0.39, 0.29) is 28.7 Å². The van der Waals surface area contributed by atoms with Gasteiger partial charge in [-0.1, -0.05) is 19.9 Å². The van der Waals surface area contributed by atoms with Gasteiger partial charge in [0.25, 0.3) is 5.91 Å². The molecule has 0 spiro atoms. The SMILES string of the molecule is COc1ccc(C(=O)Nc2cccc(NC(=O)OCC(C)C)c2)cc1S(=O)(=O)NC(C)(C)C. The average molecular weight is 478 g/mol.